The van der Waals surface area contributed by atoms with E-state index in [1.54, 1.807) is 25.1 Å². The molecule has 0 bridgehead atoms. The third kappa shape index (κ3) is 4.87. The van der Waals surface area contributed by atoms with Crippen molar-refractivity contribution in [2.45, 2.75) is 24.5 Å². The first-order valence-electron chi connectivity index (χ1n) is 11.7. The largest absolute Gasteiger partial charge is 0.508 e. The fourth-order valence-electron chi connectivity index (χ4n) is 5.80. The number of nitrogens with zero attached hydrogens (tertiary/aromatic N) is 2. The van der Waals surface area contributed by atoms with E-state index in [2.05, 4.69) is 5.32 Å². The van der Waals surface area contributed by atoms with Crippen molar-refractivity contribution in [2.24, 2.45) is 17.6 Å². The molecular weight excluding hydrogens is 555 g/mol. The Hall–Kier alpha value is -3.16. The number of aliphatic hydroxyl groups is 3. The standard InChI is InChI=1S/C25H30N4O8.2ClH/c1-28(2)9-14(30)27-13-6-5-10-7-11-8-12-18(29(3)4)21(33)17(24(26)36)23(35)25(12,37)22(34)16(11)20(32)15(10)19(13)31;;/h5-6,11-12,18,31-32,35,37H,7-9H2,1-4H3,(H2,26,36)(H,27,30);2*1H. The number of anilines is 1. The van der Waals surface area contributed by atoms with Gasteiger partial charge in [-0.15, -0.1) is 24.8 Å². The van der Waals surface area contributed by atoms with Crippen LogP contribution in [0, 0.1) is 11.8 Å². The van der Waals surface area contributed by atoms with Crippen LogP contribution in [0.4, 0.5) is 5.69 Å². The van der Waals surface area contributed by atoms with Crippen molar-refractivity contribution in [1.29, 1.82) is 0 Å². The number of benzene rings is 1. The number of halogens is 2. The highest BCUT2D eigenvalue weighted by Crippen LogP contribution is 2.53. The van der Waals surface area contributed by atoms with Crippen LogP contribution in [0.25, 0.3) is 5.76 Å². The second-order valence-electron chi connectivity index (χ2n) is 10.2. The molecule has 214 valence electrons. The molecule has 0 heterocycles. The van der Waals surface area contributed by atoms with Gasteiger partial charge in [0.2, 0.25) is 11.7 Å². The number of nitrogens with two attached hydrogens (primary N) is 1. The lowest BCUT2D eigenvalue weighted by Gasteiger charge is -2.50. The maximum absolute atomic E-state index is 13.8. The van der Waals surface area contributed by atoms with Crippen molar-refractivity contribution in [3.05, 3.63) is 40.2 Å². The number of amides is 2. The van der Waals surface area contributed by atoms with Crippen molar-refractivity contribution in [2.75, 3.05) is 40.1 Å². The highest BCUT2D eigenvalue weighted by atomic mass is 35.5. The Kier molecular flexibility index (Phi) is 9.16. The van der Waals surface area contributed by atoms with Crippen LogP contribution in [0.5, 0.6) is 5.75 Å². The van der Waals surface area contributed by atoms with E-state index in [4.69, 9.17) is 5.73 Å². The Morgan fingerprint density at radius 3 is 2.26 bits per heavy atom. The van der Waals surface area contributed by atoms with Gasteiger partial charge in [0.1, 0.15) is 22.8 Å². The zero-order chi connectivity index (χ0) is 27.6. The molecule has 1 aromatic rings. The van der Waals surface area contributed by atoms with E-state index in [-0.39, 0.29) is 61.0 Å². The Bertz CT molecular complexity index is 1310. The first kappa shape index (κ1) is 32.1. The Morgan fingerprint density at radius 2 is 1.72 bits per heavy atom. The average molecular weight is 587 g/mol. The number of carbonyl (C=O) groups excluding carboxylic acids is 4. The van der Waals surface area contributed by atoms with Gasteiger partial charge in [0, 0.05) is 11.5 Å². The van der Waals surface area contributed by atoms with Crippen LogP contribution in [0.2, 0.25) is 0 Å². The topological polar surface area (TPSA) is 194 Å². The van der Waals surface area contributed by atoms with Gasteiger partial charge >= 0.3 is 0 Å². The number of nitrogens with one attached hydrogen (secondary N) is 1. The van der Waals surface area contributed by atoms with Gasteiger partial charge in [-0.1, -0.05) is 6.07 Å². The maximum atomic E-state index is 13.8. The molecule has 1 fully saturated rings. The number of phenols is 1. The van der Waals surface area contributed by atoms with Crippen molar-refractivity contribution in [3.8, 4) is 5.75 Å². The highest BCUT2D eigenvalue weighted by Gasteiger charge is 2.64. The lowest BCUT2D eigenvalue weighted by molar-refractivity contribution is -0.153. The Balaban J connectivity index is 0.00000267. The smallest absolute Gasteiger partial charge is 0.255 e. The number of hydrogen-bond acceptors (Lipinski definition) is 10. The summed E-state index contributed by atoms with van der Waals surface area (Å²) in [6, 6.07) is 1.96. The fraction of sp³-hybridized carbons (Fsp3) is 0.440. The number of primary amides is 1. The van der Waals surface area contributed by atoms with Crippen LogP contribution in [0.15, 0.2) is 29.0 Å². The van der Waals surface area contributed by atoms with Crippen LogP contribution in [-0.4, -0.2) is 100.0 Å². The molecule has 2 amide bonds. The number of aromatic hydroxyl groups is 1. The minimum Gasteiger partial charge on any atom is -0.508 e. The van der Waals surface area contributed by atoms with E-state index in [9.17, 15) is 39.6 Å². The normalized spacial score (nSPS) is 25.9. The quantitative estimate of drug-likeness (QED) is 0.206. The monoisotopic (exact) mass is 586 g/mol. The second-order valence-corrected chi connectivity index (χ2v) is 10.2. The number of phenolic OH excluding ortho intramolecular Hbond substituents is 1. The van der Waals surface area contributed by atoms with E-state index < -0.39 is 69.7 Å². The van der Waals surface area contributed by atoms with Crippen molar-refractivity contribution < 1.29 is 39.6 Å². The van der Waals surface area contributed by atoms with E-state index in [0.717, 1.165) is 0 Å². The summed E-state index contributed by atoms with van der Waals surface area (Å²) in [5.41, 5.74) is 1.93. The van der Waals surface area contributed by atoms with E-state index in [0.29, 0.717) is 5.56 Å². The van der Waals surface area contributed by atoms with Crippen LogP contribution in [-0.2, 0) is 25.6 Å². The SMILES string of the molecule is CN(C)CC(=O)Nc1ccc2c(c1O)C(O)=C1C(=O)C3(O)C(O)=C(C(N)=O)C(=O)C(N(C)C)C3CC1C2.Cl.Cl. The molecule has 1 saturated carbocycles. The van der Waals surface area contributed by atoms with Crippen LogP contribution in [0.3, 0.4) is 0 Å². The Labute approximate surface area is 237 Å². The molecule has 4 rings (SSSR count). The molecule has 0 aliphatic heterocycles. The summed E-state index contributed by atoms with van der Waals surface area (Å²) in [4.78, 5) is 54.2. The molecule has 0 saturated heterocycles. The van der Waals surface area contributed by atoms with Gasteiger partial charge in [-0.3, -0.25) is 24.1 Å². The van der Waals surface area contributed by atoms with E-state index in [1.807, 2.05) is 0 Å². The van der Waals surface area contributed by atoms with Gasteiger partial charge in [-0.2, -0.15) is 0 Å². The first-order valence-corrected chi connectivity index (χ1v) is 11.7. The fourth-order valence-corrected chi connectivity index (χ4v) is 5.80. The predicted octanol–water partition coefficient (Wildman–Crippen LogP) is 0.308. The molecule has 4 unspecified atom stereocenters. The van der Waals surface area contributed by atoms with Gasteiger partial charge in [-0.25, -0.2) is 0 Å². The van der Waals surface area contributed by atoms with Crippen LogP contribution < -0.4 is 11.1 Å². The number of Topliss-reactive ketones (excluding diaryl/α,β-unsaturated/α-hetero) is 2. The number of fused-ring (bicyclic) bond motifs is 3. The van der Waals surface area contributed by atoms with E-state index >= 15 is 0 Å². The van der Waals surface area contributed by atoms with Crippen LogP contribution >= 0.6 is 24.8 Å². The molecule has 3 aliphatic rings. The lowest BCUT2D eigenvalue weighted by Crippen LogP contribution is -2.65. The molecular formula is C25H32Cl2N4O8. The molecule has 12 nitrogen and oxygen atoms in total. The summed E-state index contributed by atoms with van der Waals surface area (Å²) in [6.07, 6.45) is 0.182. The van der Waals surface area contributed by atoms with Gasteiger partial charge in [-0.05, 0) is 58.6 Å². The summed E-state index contributed by atoms with van der Waals surface area (Å²) >= 11 is 0. The number of carbonyl (C=O) groups is 4. The number of rotatable bonds is 5. The van der Waals surface area contributed by atoms with E-state index in [1.165, 1.54) is 25.1 Å². The minimum atomic E-state index is -2.70. The molecule has 4 atom stereocenters. The third-order valence-electron chi connectivity index (χ3n) is 7.33. The zero-order valence-corrected chi connectivity index (χ0v) is 23.4. The van der Waals surface area contributed by atoms with Crippen LogP contribution in [0.1, 0.15) is 17.5 Å². The van der Waals surface area contributed by atoms with Crippen molar-refractivity contribution in [1.82, 2.24) is 9.80 Å². The number of aliphatic hydroxyl groups excluding tert-OH is 2. The predicted molar refractivity (Wildman–Crippen MR) is 146 cm³/mol. The van der Waals surface area contributed by atoms with Crippen molar-refractivity contribution in [3.63, 3.8) is 0 Å². The lowest BCUT2D eigenvalue weighted by atomic mass is 9.57. The first-order chi connectivity index (χ1) is 17.2. The average Bonchev–Trinajstić information content (AvgIpc) is 2.77. The number of hydrogen-bond donors (Lipinski definition) is 6. The van der Waals surface area contributed by atoms with Gasteiger partial charge in [0.05, 0.1) is 23.8 Å². The molecule has 1 aromatic carbocycles. The minimum absolute atomic E-state index is 0. The van der Waals surface area contributed by atoms with Gasteiger partial charge < -0.3 is 36.4 Å². The maximum Gasteiger partial charge on any atom is 0.255 e. The summed E-state index contributed by atoms with van der Waals surface area (Å²) in [5.74, 6) is -7.61. The summed E-state index contributed by atoms with van der Waals surface area (Å²) in [7, 11) is 6.47. The molecule has 0 spiro atoms. The summed E-state index contributed by atoms with van der Waals surface area (Å²) < 4.78 is 0. The summed E-state index contributed by atoms with van der Waals surface area (Å²) in [5, 5.41) is 47.1. The second kappa shape index (κ2) is 11.1. The number of likely N-dealkylation sites (N-methyl/N-ethyl adjacent to an activating group) is 2. The molecule has 3 aliphatic carbocycles. The zero-order valence-electron chi connectivity index (χ0n) is 21.7. The Morgan fingerprint density at radius 1 is 1.10 bits per heavy atom. The van der Waals surface area contributed by atoms with Gasteiger partial charge in [0.25, 0.3) is 5.91 Å². The van der Waals surface area contributed by atoms with Gasteiger partial charge in [0.15, 0.2) is 11.4 Å². The molecule has 14 heteroatoms. The molecule has 39 heavy (non-hydrogen) atoms. The molecule has 7 N–H and O–H groups in total. The summed E-state index contributed by atoms with van der Waals surface area (Å²) in [6.45, 7) is 0.0398. The van der Waals surface area contributed by atoms with Crippen molar-refractivity contribution >= 4 is 59.6 Å². The number of ketones is 2. The molecule has 0 aromatic heterocycles. The third-order valence-corrected chi connectivity index (χ3v) is 7.33. The molecule has 0 radical (unpaired) electrons. The highest BCUT2D eigenvalue weighted by molar-refractivity contribution is 6.24.